The largest absolute Gasteiger partial charge is 0.397 e. The fourth-order valence-corrected chi connectivity index (χ4v) is 2.24. The standard InChI is InChI=1S/C12H10N4/c1-5-7(3-13)11(15)10-6(2)8(4-14)12(16)9(5)10/h15-16H2,1-2H3. The van der Waals surface area contributed by atoms with Crippen LogP contribution in [0.3, 0.4) is 0 Å². The molecule has 2 rings (SSSR count). The van der Waals surface area contributed by atoms with Gasteiger partial charge in [0.05, 0.1) is 22.5 Å². The summed E-state index contributed by atoms with van der Waals surface area (Å²) in [7, 11) is 0. The minimum atomic E-state index is 0.431. The molecule has 0 aromatic heterocycles. The number of nitrogens with zero attached hydrogens (tertiary/aromatic N) is 2. The van der Waals surface area contributed by atoms with E-state index in [0.29, 0.717) is 22.5 Å². The van der Waals surface area contributed by atoms with E-state index >= 15 is 0 Å². The molecule has 16 heavy (non-hydrogen) atoms. The van der Waals surface area contributed by atoms with Gasteiger partial charge >= 0.3 is 0 Å². The molecule has 0 saturated heterocycles. The number of rotatable bonds is 0. The van der Waals surface area contributed by atoms with Crippen LogP contribution in [-0.4, -0.2) is 0 Å². The SMILES string of the molecule is CC1=C(C#N)C(N)=C2C(C)=C(C#N)C(N)=C12. The molecule has 78 valence electrons. The van der Waals surface area contributed by atoms with E-state index < -0.39 is 0 Å². The first-order chi connectivity index (χ1) is 7.54. The van der Waals surface area contributed by atoms with Crippen molar-refractivity contribution in [1.82, 2.24) is 0 Å². The first kappa shape index (κ1) is 10.1. The highest BCUT2D eigenvalue weighted by atomic mass is 14.7. The van der Waals surface area contributed by atoms with Gasteiger partial charge in [-0.05, 0) is 25.0 Å². The maximum atomic E-state index is 8.99. The molecule has 4 N–H and O–H groups in total. The van der Waals surface area contributed by atoms with Crippen LogP contribution < -0.4 is 11.5 Å². The summed E-state index contributed by atoms with van der Waals surface area (Å²) in [5.41, 5.74) is 16.6. The average Bonchev–Trinajstić information content (AvgIpc) is 2.64. The number of allylic oxidation sites excluding steroid dienone is 6. The van der Waals surface area contributed by atoms with Crippen molar-refractivity contribution in [2.45, 2.75) is 13.8 Å². The van der Waals surface area contributed by atoms with Crippen LogP contribution in [0.2, 0.25) is 0 Å². The molecule has 0 bridgehead atoms. The van der Waals surface area contributed by atoms with E-state index in [4.69, 9.17) is 22.0 Å². The van der Waals surface area contributed by atoms with Gasteiger partial charge in [-0.25, -0.2) is 0 Å². The normalized spacial score (nSPS) is 19.2. The molecule has 0 atom stereocenters. The van der Waals surface area contributed by atoms with E-state index in [1.165, 1.54) is 0 Å². The van der Waals surface area contributed by atoms with Crippen molar-refractivity contribution < 1.29 is 0 Å². The van der Waals surface area contributed by atoms with Crippen molar-refractivity contribution in [2.75, 3.05) is 0 Å². The van der Waals surface area contributed by atoms with Crippen molar-refractivity contribution in [2.24, 2.45) is 11.5 Å². The fraction of sp³-hybridized carbons (Fsp3) is 0.167. The summed E-state index contributed by atoms with van der Waals surface area (Å²) in [4.78, 5) is 0. The smallest absolute Gasteiger partial charge is 0.102 e. The van der Waals surface area contributed by atoms with Crippen LogP contribution >= 0.6 is 0 Å². The Bertz CT molecular complexity index is 556. The maximum Gasteiger partial charge on any atom is 0.102 e. The van der Waals surface area contributed by atoms with E-state index in [-0.39, 0.29) is 0 Å². The quantitative estimate of drug-likeness (QED) is 0.625. The molecule has 0 aromatic carbocycles. The van der Waals surface area contributed by atoms with Gasteiger partial charge in [-0.1, -0.05) is 0 Å². The Hall–Kier alpha value is -2.46. The molecule has 2 aliphatic rings. The number of nitrogens with two attached hydrogens (primary N) is 2. The van der Waals surface area contributed by atoms with Gasteiger partial charge < -0.3 is 11.5 Å². The van der Waals surface area contributed by atoms with Gasteiger partial charge in [0, 0.05) is 11.1 Å². The van der Waals surface area contributed by atoms with Crippen molar-refractivity contribution in [3.05, 3.63) is 44.8 Å². The van der Waals surface area contributed by atoms with Gasteiger partial charge in [0.15, 0.2) is 0 Å². The Morgan fingerprint density at radius 2 is 1.12 bits per heavy atom. The number of hydrogen-bond acceptors (Lipinski definition) is 4. The molecule has 0 saturated carbocycles. The van der Waals surface area contributed by atoms with E-state index in [0.717, 1.165) is 22.3 Å². The van der Waals surface area contributed by atoms with Crippen LogP contribution in [0.15, 0.2) is 44.8 Å². The van der Waals surface area contributed by atoms with Crippen molar-refractivity contribution >= 4 is 0 Å². The summed E-state index contributed by atoms with van der Waals surface area (Å²) in [6, 6.07) is 4.14. The summed E-state index contributed by atoms with van der Waals surface area (Å²) in [5.74, 6) is 0. The Morgan fingerprint density at radius 1 is 0.812 bits per heavy atom. The van der Waals surface area contributed by atoms with Crippen LogP contribution in [0.5, 0.6) is 0 Å². The molecule has 0 radical (unpaired) electrons. The molecule has 0 aromatic rings. The minimum absolute atomic E-state index is 0.431. The van der Waals surface area contributed by atoms with Crippen molar-refractivity contribution in [3.63, 3.8) is 0 Å². The number of fused-ring (bicyclic) bond motifs is 1. The lowest BCUT2D eigenvalue weighted by Crippen LogP contribution is -2.01. The lowest BCUT2D eigenvalue weighted by molar-refractivity contribution is 1.28. The Morgan fingerprint density at radius 3 is 1.38 bits per heavy atom. The lowest BCUT2D eigenvalue weighted by atomic mass is 10.0. The highest BCUT2D eigenvalue weighted by Gasteiger charge is 2.34. The molecule has 4 nitrogen and oxygen atoms in total. The molecular formula is C12H10N4. The van der Waals surface area contributed by atoms with E-state index in [1.807, 2.05) is 0 Å². The summed E-state index contributed by atoms with van der Waals surface area (Å²) in [6.45, 7) is 3.60. The van der Waals surface area contributed by atoms with Gasteiger partial charge in [0.1, 0.15) is 12.1 Å². The van der Waals surface area contributed by atoms with Crippen LogP contribution in [0, 0.1) is 22.7 Å². The monoisotopic (exact) mass is 210 g/mol. The van der Waals surface area contributed by atoms with E-state index in [1.54, 1.807) is 13.8 Å². The third kappa shape index (κ3) is 0.910. The van der Waals surface area contributed by atoms with Crippen LogP contribution in [0.25, 0.3) is 0 Å². The molecule has 0 heterocycles. The molecule has 2 aliphatic carbocycles. The summed E-state index contributed by atoms with van der Waals surface area (Å²) in [6.07, 6.45) is 0. The maximum absolute atomic E-state index is 8.99. The Kier molecular flexibility index (Phi) is 1.90. The van der Waals surface area contributed by atoms with Gasteiger partial charge in [-0.3, -0.25) is 0 Å². The molecular weight excluding hydrogens is 200 g/mol. The fourth-order valence-electron chi connectivity index (χ4n) is 2.24. The van der Waals surface area contributed by atoms with E-state index in [9.17, 15) is 0 Å². The Labute approximate surface area is 93.4 Å². The van der Waals surface area contributed by atoms with Crippen LogP contribution in [0.4, 0.5) is 0 Å². The van der Waals surface area contributed by atoms with E-state index in [2.05, 4.69) is 12.1 Å². The first-order valence-corrected chi connectivity index (χ1v) is 4.77. The minimum Gasteiger partial charge on any atom is -0.397 e. The molecule has 0 unspecified atom stereocenters. The lowest BCUT2D eigenvalue weighted by Gasteiger charge is -2.01. The summed E-state index contributed by atoms with van der Waals surface area (Å²) < 4.78 is 0. The number of nitriles is 2. The van der Waals surface area contributed by atoms with Gasteiger partial charge in [-0.15, -0.1) is 0 Å². The molecule has 0 fully saturated rings. The second kappa shape index (κ2) is 3.01. The third-order valence-electron chi connectivity index (χ3n) is 3.05. The topological polar surface area (TPSA) is 99.6 Å². The van der Waals surface area contributed by atoms with Gasteiger partial charge in [0.25, 0.3) is 0 Å². The van der Waals surface area contributed by atoms with Crippen LogP contribution in [-0.2, 0) is 0 Å². The van der Waals surface area contributed by atoms with Gasteiger partial charge in [-0.2, -0.15) is 10.5 Å². The second-order valence-electron chi connectivity index (χ2n) is 3.80. The highest BCUT2D eigenvalue weighted by molar-refractivity contribution is 5.80. The summed E-state index contributed by atoms with van der Waals surface area (Å²) in [5, 5.41) is 18.0. The molecule has 0 spiro atoms. The average molecular weight is 210 g/mol. The number of hydrogen-bond donors (Lipinski definition) is 2. The van der Waals surface area contributed by atoms with Gasteiger partial charge in [0.2, 0.25) is 0 Å². The second-order valence-corrected chi connectivity index (χ2v) is 3.80. The van der Waals surface area contributed by atoms with Crippen molar-refractivity contribution in [3.8, 4) is 12.1 Å². The predicted molar refractivity (Wildman–Crippen MR) is 59.1 cm³/mol. The molecule has 0 amide bonds. The Balaban J connectivity index is 2.81. The zero-order valence-electron chi connectivity index (χ0n) is 9.05. The highest BCUT2D eigenvalue weighted by Crippen LogP contribution is 2.45. The first-order valence-electron chi connectivity index (χ1n) is 4.77. The third-order valence-corrected chi connectivity index (χ3v) is 3.05. The zero-order valence-corrected chi connectivity index (χ0v) is 9.05. The molecule has 4 heteroatoms. The zero-order chi connectivity index (χ0) is 12.0. The van der Waals surface area contributed by atoms with Crippen LogP contribution in [0.1, 0.15) is 13.8 Å². The summed E-state index contributed by atoms with van der Waals surface area (Å²) >= 11 is 0. The predicted octanol–water partition coefficient (Wildman–Crippen LogP) is 1.12. The molecule has 0 aliphatic heterocycles. The van der Waals surface area contributed by atoms with Crippen molar-refractivity contribution in [1.29, 1.82) is 10.5 Å².